The Labute approximate surface area is 120 Å². The van der Waals surface area contributed by atoms with Gasteiger partial charge in [0, 0.05) is 5.56 Å². The van der Waals surface area contributed by atoms with Crippen molar-refractivity contribution in [2.45, 2.75) is 23.9 Å². The lowest BCUT2D eigenvalue weighted by atomic mass is 10.2. The van der Waals surface area contributed by atoms with Gasteiger partial charge < -0.3 is 9.47 Å². The van der Waals surface area contributed by atoms with Gasteiger partial charge in [0.15, 0.2) is 0 Å². The highest BCUT2D eigenvalue weighted by atomic mass is 32.1. The maximum atomic E-state index is 13.0. The Balaban J connectivity index is 3.07. The van der Waals surface area contributed by atoms with Gasteiger partial charge in [-0.25, -0.2) is 4.39 Å². The molecule has 0 radical (unpaired) electrons. The summed E-state index contributed by atoms with van der Waals surface area (Å²) in [5.74, 6) is -0.977. The van der Waals surface area contributed by atoms with Gasteiger partial charge in [-0.2, -0.15) is 26.3 Å². The fraction of sp³-hybridized carbons (Fsp3) is 0.455. The van der Waals surface area contributed by atoms with Gasteiger partial charge in [0.2, 0.25) is 0 Å². The van der Waals surface area contributed by atoms with Crippen LogP contribution in [0.2, 0.25) is 0 Å². The van der Waals surface area contributed by atoms with Crippen molar-refractivity contribution < 1.29 is 40.2 Å². The van der Waals surface area contributed by atoms with E-state index in [4.69, 9.17) is 4.74 Å². The zero-order valence-electron chi connectivity index (χ0n) is 10.3. The topological polar surface area (TPSA) is 18.5 Å². The molecule has 0 aliphatic rings. The van der Waals surface area contributed by atoms with Crippen LogP contribution in [0, 0.1) is 5.82 Å². The van der Waals surface area contributed by atoms with Crippen LogP contribution in [0.5, 0.6) is 5.75 Å². The molecule has 0 aliphatic heterocycles. The van der Waals surface area contributed by atoms with Crippen molar-refractivity contribution in [1.82, 2.24) is 0 Å². The highest BCUT2D eigenvalue weighted by Gasteiger charge is 2.70. The van der Waals surface area contributed by atoms with Crippen molar-refractivity contribution in [2.75, 3.05) is 7.11 Å². The zero-order valence-corrected chi connectivity index (χ0v) is 11.2. The molecule has 0 bridgehead atoms. The Hall–Kier alpha value is -1.16. The molecular formula is C11H9F7O2S. The molecule has 0 unspecified atom stereocenters. The molecule has 2 nitrogen and oxygen atoms in total. The molecule has 10 heteroatoms. The number of thiol groups is 1. The summed E-state index contributed by atoms with van der Waals surface area (Å²) < 4.78 is 96.8. The molecule has 1 rings (SSSR count). The third-order valence-corrected chi connectivity index (χ3v) is 3.08. The van der Waals surface area contributed by atoms with Gasteiger partial charge >= 0.3 is 17.3 Å². The molecule has 0 saturated carbocycles. The smallest absolute Gasteiger partial charge is 0.436 e. The van der Waals surface area contributed by atoms with Gasteiger partial charge in [-0.3, -0.25) is 0 Å². The Morgan fingerprint density at radius 1 is 1.05 bits per heavy atom. The molecule has 0 aromatic heterocycles. The Kier molecular flexibility index (Phi) is 5.04. The molecule has 1 aromatic rings. The van der Waals surface area contributed by atoms with Gasteiger partial charge in [0.1, 0.15) is 11.6 Å². The lowest BCUT2D eigenvalue weighted by Crippen LogP contribution is -2.54. The van der Waals surface area contributed by atoms with Crippen LogP contribution in [0.3, 0.4) is 0 Å². The molecular weight excluding hydrogens is 329 g/mol. The van der Waals surface area contributed by atoms with Crippen molar-refractivity contribution in [3.05, 3.63) is 29.6 Å². The molecule has 21 heavy (non-hydrogen) atoms. The van der Waals surface area contributed by atoms with E-state index in [1.807, 2.05) is 0 Å². The lowest BCUT2D eigenvalue weighted by molar-refractivity contribution is -0.342. The van der Waals surface area contributed by atoms with Crippen molar-refractivity contribution in [2.24, 2.45) is 0 Å². The number of hydrogen-bond acceptors (Lipinski definition) is 3. The minimum Gasteiger partial charge on any atom is -0.496 e. The Morgan fingerprint density at radius 2 is 1.57 bits per heavy atom. The monoisotopic (exact) mass is 338 g/mol. The predicted molar refractivity (Wildman–Crippen MR) is 61.6 cm³/mol. The molecule has 0 heterocycles. The normalized spacial score (nSPS) is 13.4. The fourth-order valence-corrected chi connectivity index (χ4v) is 1.43. The molecule has 0 saturated heterocycles. The molecule has 0 aliphatic carbocycles. The third-order valence-electron chi connectivity index (χ3n) is 2.45. The first kappa shape index (κ1) is 17.9. The van der Waals surface area contributed by atoms with E-state index in [2.05, 4.69) is 17.4 Å². The summed E-state index contributed by atoms with van der Waals surface area (Å²) in [5.41, 5.74) is -0.315. The first-order chi connectivity index (χ1) is 9.42. The number of rotatable bonds is 4. The van der Waals surface area contributed by atoms with E-state index in [0.29, 0.717) is 6.07 Å². The van der Waals surface area contributed by atoms with Crippen molar-refractivity contribution in [3.63, 3.8) is 0 Å². The van der Waals surface area contributed by atoms with Gasteiger partial charge in [0.05, 0.1) is 13.7 Å². The van der Waals surface area contributed by atoms with Gasteiger partial charge in [0.25, 0.3) is 0 Å². The first-order valence-electron chi connectivity index (χ1n) is 5.24. The van der Waals surface area contributed by atoms with Crippen molar-refractivity contribution in [1.29, 1.82) is 0 Å². The van der Waals surface area contributed by atoms with Crippen LogP contribution in [0.4, 0.5) is 30.7 Å². The number of ether oxygens (including phenoxy) is 2. The first-order valence-corrected chi connectivity index (χ1v) is 5.69. The molecule has 1 aromatic carbocycles. The van der Waals surface area contributed by atoms with Crippen LogP contribution < -0.4 is 4.74 Å². The zero-order chi connectivity index (χ0) is 16.5. The molecule has 120 valence electrons. The third kappa shape index (κ3) is 3.73. The lowest BCUT2D eigenvalue weighted by Gasteiger charge is -2.32. The second kappa shape index (κ2) is 5.91. The Morgan fingerprint density at radius 3 is 2.00 bits per heavy atom. The van der Waals surface area contributed by atoms with E-state index < -0.39 is 29.7 Å². The molecule has 0 atom stereocenters. The van der Waals surface area contributed by atoms with E-state index in [0.717, 1.165) is 19.2 Å². The fourth-order valence-electron chi connectivity index (χ4n) is 1.37. The van der Waals surface area contributed by atoms with Gasteiger partial charge in [-0.1, -0.05) is 0 Å². The van der Waals surface area contributed by atoms with Gasteiger partial charge in [-0.15, -0.1) is 12.6 Å². The highest BCUT2D eigenvalue weighted by Crippen LogP contribution is 2.49. The number of halogens is 7. The summed E-state index contributed by atoms with van der Waals surface area (Å²) >= 11 is 2.59. The summed E-state index contributed by atoms with van der Waals surface area (Å²) in [6, 6.07) is 2.69. The van der Waals surface area contributed by atoms with Crippen LogP contribution in [-0.2, 0) is 11.3 Å². The van der Waals surface area contributed by atoms with Gasteiger partial charge in [-0.05, 0) is 18.2 Å². The molecule has 0 spiro atoms. The maximum absolute atomic E-state index is 13.0. The highest BCUT2D eigenvalue weighted by molar-refractivity contribution is 7.81. The predicted octanol–water partition coefficient (Wildman–Crippen LogP) is 4.10. The number of benzene rings is 1. The van der Waals surface area contributed by atoms with Crippen LogP contribution >= 0.6 is 12.6 Å². The number of alkyl halides is 6. The standard InChI is InChI=1S/C11H9F7O2S/c1-19-8-3-2-7(12)4-6(8)5-20-9(21,10(13,14)15)11(16,17)18/h2-4,21H,5H2,1H3. The van der Waals surface area contributed by atoms with Crippen molar-refractivity contribution in [3.8, 4) is 5.75 Å². The quantitative estimate of drug-likeness (QED) is 0.506. The van der Waals surface area contributed by atoms with Crippen LogP contribution in [0.15, 0.2) is 18.2 Å². The van der Waals surface area contributed by atoms with E-state index in [-0.39, 0.29) is 11.3 Å². The molecule has 0 amide bonds. The largest absolute Gasteiger partial charge is 0.496 e. The average molecular weight is 338 g/mol. The SMILES string of the molecule is COc1ccc(F)cc1COC(S)(C(F)(F)F)C(F)(F)F. The number of methoxy groups -OCH3 is 1. The summed E-state index contributed by atoms with van der Waals surface area (Å²) in [6.45, 7) is -1.19. The minimum absolute atomic E-state index is 0.114. The van der Waals surface area contributed by atoms with Crippen LogP contribution in [0.25, 0.3) is 0 Å². The maximum Gasteiger partial charge on any atom is 0.436 e. The number of hydrogen-bond donors (Lipinski definition) is 1. The van der Waals surface area contributed by atoms with E-state index in [9.17, 15) is 30.7 Å². The second-order valence-corrected chi connectivity index (χ2v) is 4.51. The van der Waals surface area contributed by atoms with Crippen LogP contribution in [0.1, 0.15) is 5.56 Å². The summed E-state index contributed by atoms with van der Waals surface area (Å²) in [4.78, 5) is -4.67. The van der Waals surface area contributed by atoms with E-state index in [1.54, 1.807) is 0 Å². The Bertz CT molecular complexity index is 484. The minimum atomic E-state index is -5.81. The van der Waals surface area contributed by atoms with E-state index >= 15 is 0 Å². The molecule has 0 N–H and O–H groups in total. The second-order valence-electron chi connectivity index (χ2n) is 3.88. The summed E-state index contributed by atoms with van der Waals surface area (Å²) in [5, 5.41) is 0. The van der Waals surface area contributed by atoms with E-state index in [1.165, 1.54) is 0 Å². The average Bonchev–Trinajstić information content (AvgIpc) is 2.33. The molecule has 0 fully saturated rings. The van der Waals surface area contributed by atoms with Crippen molar-refractivity contribution >= 4 is 12.6 Å². The summed E-state index contributed by atoms with van der Waals surface area (Å²) in [6.07, 6.45) is -11.6. The summed E-state index contributed by atoms with van der Waals surface area (Å²) in [7, 11) is 1.12. The van der Waals surface area contributed by atoms with Crippen LogP contribution in [-0.4, -0.2) is 24.4 Å².